The van der Waals surface area contributed by atoms with Crippen molar-refractivity contribution < 1.29 is 19.1 Å². The molecule has 3 aliphatic carbocycles. The summed E-state index contributed by atoms with van der Waals surface area (Å²) in [6, 6.07) is 5.96. The fourth-order valence-electron chi connectivity index (χ4n) is 6.30. The molecule has 0 aromatic heterocycles. The van der Waals surface area contributed by atoms with Gasteiger partial charge in [-0.15, -0.1) is 0 Å². The predicted molar refractivity (Wildman–Crippen MR) is 106 cm³/mol. The molecule has 0 spiro atoms. The molecule has 1 aromatic rings. The smallest absolute Gasteiger partial charge is 0.362 e. The Bertz CT molecular complexity index is 738. The molecule has 0 aliphatic heterocycles. The molecular weight excluding hydrogens is 338 g/mol. The van der Waals surface area contributed by atoms with Gasteiger partial charge in [-0.1, -0.05) is 13.0 Å². The van der Waals surface area contributed by atoms with Crippen LogP contribution in [0.3, 0.4) is 0 Å². The van der Waals surface area contributed by atoms with Crippen LogP contribution in [0.5, 0.6) is 5.75 Å². The van der Waals surface area contributed by atoms with Crippen molar-refractivity contribution >= 4 is 5.97 Å². The fourth-order valence-corrected chi connectivity index (χ4v) is 6.30. The number of nitrogens with zero attached hydrogens (tertiary/aromatic N) is 1. The van der Waals surface area contributed by atoms with Gasteiger partial charge < -0.3 is 14.3 Å². The van der Waals surface area contributed by atoms with Gasteiger partial charge in [0.25, 0.3) is 0 Å². The molecule has 4 rings (SSSR count). The van der Waals surface area contributed by atoms with E-state index in [1.54, 1.807) is 0 Å². The van der Waals surface area contributed by atoms with E-state index >= 15 is 0 Å². The van der Waals surface area contributed by atoms with E-state index in [9.17, 15) is 9.90 Å². The van der Waals surface area contributed by atoms with Gasteiger partial charge in [0.05, 0.1) is 21.1 Å². The van der Waals surface area contributed by atoms with Gasteiger partial charge >= 0.3 is 5.97 Å². The Labute approximate surface area is 163 Å². The summed E-state index contributed by atoms with van der Waals surface area (Å²) in [6.45, 7) is 2.80. The molecule has 4 nitrogen and oxygen atoms in total. The van der Waals surface area contributed by atoms with Crippen LogP contribution in [0.25, 0.3) is 0 Å². The summed E-state index contributed by atoms with van der Waals surface area (Å²) < 4.78 is 6.65. The zero-order valence-corrected chi connectivity index (χ0v) is 17.2. The van der Waals surface area contributed by atoms with Crippen molar-refractivity contribution in [2.45, 2.75) is 57.5 Å². The number of carbonyl (C=O) groups excluding carboxylic acids is 1. The Morgan fingerprint density at radius 2 is 2.00 bits per heavy atom. The van der Waals surface area contributed by atoms with Crippen LogP contribution in [-0.2, 0) is 16.0 Å². The van der Waals surface area contributed by atoms with Crippen LogP contribution in [0, 0.1) is 17.3 Å². The number of quaternary nitrogens is 1. The molecule has 0 bridgehead atoms. The van der Waals surface area contributed by atoms with Gasteiger partial charge in [0.1, 0.15) is 11.9 Å². The van der Waals surface area contributed by atoms with E-state index < -0.39 is 0 Å². The van der Waals surface area contributed by atoms with Crippen molar-refractivity contribution in [1.82, 2.24) is 0 Å². The van der Waals surface area contributed by atoms with Crippen molar-refractivity contribution in [3.05, 3.63) is 29.3 Å². The zero-order valence-electron chi connectivity index (χ0n) is 17.2. The van der Waals surface area contributed by atoms with Gasteiger partial charge in [0.15, 0.2) is 6.54 Å². The van der Waals surface area contributed by atoms with E-state index in [1.165, 1.54) is 30.4 Å². The second kappa shape index (κ2) is 6.51. The van der Waals surface area contributed by atoms with Crippen LogP contribution >= 0.6 is 0 Å². The minimum Gasteiger partial charge on any atom is -0.508 e. The summed E-state index contributed by atoms with van der Waals surface area (Å²) >= 11 is 0. The van der Waals surface area contributed by atoms with E-state index in [-0.39, 0.29) is 17.5 Å². The van der Waals surface area contributed by atoms with Crippen LogP contribution in [0.4, 0.5) is 0 Å². The van der Waals surface area contributed by atoms with Gasteiger partial charge in [-0.3, -0.25) is 0 Å². The van der Waals surface area contributed by atoms with Crippen LogP contribution in [0.1, 0.15) is 56.1 Å². The molecule has 2 fully saturated rings. The summed E-state index contributed by atoms with van der Waals surface area (Å²) in [6.07, 6.45) is 6.80. The maximum absolute atomic E-state index is 12.4. The van der Waals surface area contributed by atoms with E-state index in [0.29, 0.717) is 34.5 Å². The largest absolute Gasteiger partial charge is 0.508 e. The molecule has 148 valence electrons. The number of esters is 1. The van der Waals surface area contributed by atoms with Gasteiger partial charge in [0.2, 0.25) is 0 Å². The highest BCUT2D eigenvalue weighted by Gasteiger charge is 2.56. The third-order valence-corrected chi connectivity index (χ3v) is 7.50. The molecule has 27 heavy (non-hydrogen) atoms. The molecule has 5 atom stereocenters. The molecule has 4 heteroatoms. The Kier molecular flexibility index (Phi) is 4.53. The number of benzene rings is 1. The Balaban J connectivity index is 1.52. The standard InChI is InChI=1S/C23H33NO3/c1-23-12-11-18-17-8-6-16(25)13-15(17)5-7-19(18)20(23)9-10-21(23)27-22(26)14-24(2,3)4/h6,8,13,18-21H,5,7,9-12,14H2,1-4H3/p+1/t18-,19-,20+,21-,23+/m1/s1. The molecule has 3 aliphatic rings. The number of aromatic hydroxyl groups is 1. The summed E-state index contributed by atoms with van der Waals surface area (Å²) in [5, 5.41) is 9.82. The Hall–Kier alpha value is -1.55. The minimum absolute atomic E-state index is 0.0547. The molecule has 1 N–H and O–H groups in total. The Morgan fingerprint density at radius 3 is 2.74 bits per heavy atom. The number of phenols is 1. The van der Waals surface area contributed by atoms with Crippen LogP contribution in [0.2, 0.25) is 0 Å². The molecule has 1 aromatic carbocycles. The molecular formula is C23H34NO3+. The summed E-state index contributed by atoms with van der Waals surface area (Å²) in [5.74, 6) is 2.26. The van der Waals surface area contributed by atoms with E-state index in [2.05, 4.69) is 13.0 Å². The average molecular weight is 373 g/mol. The first-order chi connectivity index (χ1) is 12.7. The minimum atomic E-state index is -0.0547. The number of aryl methyl sites for hydroxylation is 1. The third-order valence-electron chi connectivity index (χ3n) is 7.50. The number of rotatable bonds is 3. The molecule has 0 saturated heterocycles. The van der Waals surface area contributed by atoms with Crippen LogP contribution in [0.15, 0.2) is 18.2 Å². The third kappa shape index (κ3) is 3.37. The highest BCUT2D eigenvalue weighted by molar-refractivity contribution is 5.70. The molecule has 0 amide bonds. The first-order valence-corrected chi connectivity index (χ1v) is 10.5. The predicted octanol–water partition coefficient (Wildman–Crippen LogP) is 3.87. The van der Waals surface area contributed by atoms with Crippen molar-refractivity contribution in [3.63, 3.8) is 0 Å². The van der Waals surface area contributed by atoms with Gasteiger partial charge in [-0.25, -0.2) is 4.79 Å². The fraction of sp³-hybridized carbons (Fsp3) is 0.696. The zero-order chi connectivity index (χ0) is 19.4. The highest BCUT2D eigenvalue weighted by atomic mass is 16.5. The number of ether oxygens (including phenoxy) is 1. The Morgan fingerprint density at radius 1 is 1.22 bits per heavy atom. The highest BCUT2D eigenvalue weighted by Crippen LogP contribution is 2.61. The number of hydrogen-bond donors (Lipinski definition) is 1. The lowest BCUT2D eigenvalue weighted by Gasteiger charge is -2.50. The summed E-state index contributed by atoms with van der Waals surface area (Å²) in [4.78, 5) is 12.4. The monoisotopic (exact) mass is 372 g/mol. The maximum Gasteiger partial charge on any atom is 0.362 e. The lowest BCUT2D eigenvalue weighted by molar-refractivity contribution is -0.862. The quantitative estimate of drug-likeness (QED) is 0.647. The van der Waals surface area contributed by atoms with Crippen molar-refractivity contribution in [2.24, 2.45) is 17.3 Å². The molecule has 0 heterocycles. The van der Waals surface area contributed by atoms with E-state index in [0.717, 1.165) is 19.3 Å². The normalized spacial score (nSPS) is 35.1. The van der Waals surface area contributed by atoms with Crippen molar-refractivity contribution in [2.75, 3.05) is 27.7 Å². The molecule has 0 radical (unpaired) electrons. The number of likely N-dealkylation sites (N-methyl/N-ethyl adjacent to an activating group) is 1. The first-order valence-electron chi connectivity index (χ1n) is 10.5. The summed E-state index contributed by atoms with van der Waals surface area (Å²) in [5.41, 5.74) is 2.91. The molecule has 0 unspecified atom stereocenters. The van der Waals surface area contributed by atoms with Crippen molar-refractivity contribution in [1.29, 1.82) is 0 Å². The second-order valence-corrected chi connectivity index (χ2v) is 10.3. The number of phenolic OH excluding ortho intramolecular Hbond substituents is 1. The average Bonchev–Trinajstić information content (AvgIpc) is 2.89. The van der Waals surface area contributed by atoms with E-state index in [4.69, 9.17) is 4.74 Å². The molecule has 2 saturated carbocycles. The van der Waals surface area contributed by atoms with E-state index in [1.807, 2.05) is 33.3 Å². The topological polar surface area (TPSA) is 46.5 Å². The number of fused-ring (bicyclic) bond motifs is 5. The van der Waals surface area contributed by atoms with Gasteiger partial charge in [0, 0.05) is 5.41 Å². The van der Waals surface area contributed by atoms with Crippen LogP contribution in [-0.4, -0.2) is 49.4 Å². The number of hydrogen-bond acceptors (Lipinski definition) is 3. The van der Waals surface area contributed by atoms with Crippen molar-refractivity contribution in [3.8, 4) is 5.75 Å². The lowest BCUT2D eigenvalue weighted by Crippen LogP contribution is -2.47. The summed E-state index contributed by atoms with van der Waals surface area (Å²) in [7, 11) is 6.09. The second-order valence-electron chi connectivity index (χ2n) is 10.3. The first kappa shape index (κ1) is 18.8. The number of carbonyl (C=O) groups is 1. The SMILES string of the molecule is C[C@]12CC[C@@H]3c4ccc(O)cc4CC[C@H]3[C@@H]1CC[C@H]2OC(=O)C[N+](C)(C)C. The van der Waals surface area contributed by atoms with Gasteiger partial charge in [-0.2, -0.15) is 0 Å². The maximum atomic E-state index is 12.4. The van der Waals surface area contributed by atoms with Crippen LogP contribution < -0.4 is 0 Å². The lowest BCUT2D eigenvalue weighted by atomic mass is 9.55. The van der Waals surface area contributed by atoms with Gasteiger partial charge in [-0.05, 0) is 79.5 Å².